The summed E-state index contributed by atoms with van der Waals surface area (Å²) in [7, 11) is 0. The standard InChI is InChI=1S/C10H10BrNO2/c1-2-14-10(13)6-5-9-4-3-8(11)7-12-9/h3-7H,2H2,1H3/b6-5+. The second-order valence-corrected chi connectivity index (χ2v) is 3.40. The quantitative estimate of drug-likeness (QED) is 0.615. The number of pyridine rings is 1. The van der Waals surface area contributed by atoms with Gasteiger partial charge in [0.05, 0.1) is 12.3 Å². The lowest BCUT2D eigenvalue weighted by molar-refractivity contribution is -0.137. The highest BCUT2D eigenvalue weighted by atomic mass is 79.9. The van der Waals surface area contributed by atoms with Crippen molar-refractivity contribution < 1.29 is 9.53 Å². The Kier molecular flexibility index (Phi) is 4.32. The van der Waals surface area contributed by atoms with Gasteiger partial charge in [-0.05, 0) is 41.1 Å². The minimum atomic E-state index is -0.350. The van der Waals surface area contributed by atoms with E-state index in [0.717, 1.165) is 10.2 Å². The molecule has 3 nitrogen and oxygen atoms in total. The van der Waals surface area contributed by atoms with Gasteiger partial charge in [-0.1, -0.05) is 0 Å². The lowest BCUT2D eigenvalue weighted by atomic mass is 10.3. The van der Waals surface area contributed by atoms with Crippen LogP contribution in [0.1, 0.15) is 12.6 Å². The lowest BCUT2D eigenvalue weighted by Crippen LogP contribution is -1.98. The molecule has 0 N–H and O–H groups in total. The van der Waals surface area contributed by atoms with E-state index in [1.807, 2.05) is 6.07 Å². The van der Waals surface area contributed by atoms with Gasteiger partial charge in [-0.25, -0.2) is 4.79 Å². The minimum Gasteiger partial charge on any atom is -0.463 e. The molecule has 0 saturated heterocycles. The van der Waals surface area contributed by atoms with Crippen molar-refractivity contribution in [2.24, 2.45) is 0 Å². The Morgan fingerprint density at radius 3 is 3.00 bits per heavy atom. The number of aromatic nitrogens is 1. The van der Waals surface area contributed by atoms with Crippen LogP contribution < -0.4 is 0 Å². The van der Waals surface area contributed by atoms with Crippen LogP contribution in [0, 0.1) is 0 Å². The summed E-state index contributed by atoms with van der Waals surface area (Å²) in [6.45, 7) is 2.15. The zero-order valence-corrected chi connectivity index (χ0v) is 9.32. The number of ether oxygens (including phenoxy) is 1. The molecule has 0 saturated carbocycles. The highest BCUT2D eigenvalue weighted by Crippen LogP contribution is 2.08. The molecule has 1 aromatic heterocycles. The molecule has 0 spiro atoms. The number of carbonyl (C=O) groups is 1. The molecule has 0 fully saturated rings. The largest absolute Gasteiger partial charge is 0.463 e. The molecule has 0 atom stereocenters. The number of nitrogens with zero attached hydrogens (tertiary/aromatic N) is 1. The van der Waals surface area contributed by atoms with Crippen molar-refractivity contribution in [1.82, 2.24) is 4.98 Å². The van der Waals surface area contributed by atoms with Crippen LogP contribution >= 0.6 is 15.9 Å². The van der Waals surface area contributed by atoms with Crippen molar-refractivity contribution >= 4 is 28.0 Å². The van der Waals surface area contributed by atoms with Crippen LogP contribution in [0.3, 0.4) is 0 Å². The van der Waals surface area contributed by atoms with E-state index in [-0.39, 0.29) is 5.97 Å². The summed E-state index contributed by atoms with van der Waals surface area (Å²) in [5.41, 5.74) is 0.723. The van der Waals surface area contributed by atoms with E-state index in [9.17, 15) is 4.79 Å². The number of hydrogen-bond donors (Lipinski definition) is 0. The van der Waals surface area contributed by atoms with Gasteiger partial charge in [-0.15, -0.1) is 0 Å². The fraction of sp³-hybridized carbons (Fsp3) is 0.200. The molecule has 0 unspecified atom stereocenters. The Hall–Kier alpha value is -1.16. The van der Waals surface area contributed by atoms with E-state index in [2.05, 4.69) is 20.9 Å². The van der Waals surface area contributed by atoms with Crippen LogP contribution in [-0.4, -0.2) is 17.6 Å². The molecule has 0 radical (unpaired) electrons. The van der Waals surface area contributed by atoms with Crippen molar-refractivity contribution in [3.8, 4) is 0 Å². The molecule has 0 aliphatic carbocycles. The molecular formula is C10H10BrNO2. The maximum atomic E-state index is 10.9. The second kappa shape index (κ2) is 5.54. The third-order valence-corrected chi connectivity index (χ3v) is 1.90. The molecule has 0 amide bonds. The Morgan fingerprint density at radius 2 is 2.43 bits per heavy atom. The maximum absolute atomic E-state index is 10.9. The summed E-state index contributed by atoms with van der Waals surface area (Å²) in [6.07, 6.45) is 4.65. The smallest absolute Gasteiger partial charge is 0.330 e. The van der Waals surface area contributed by atoms with E-state index < -0.39 is 0 Å². The van der Waals surface area contributed by atoms with Crippen LogP contribution in [-0.2, 0) is 9.53 Å². The van der Waals surface area contributed by atoms with E-state index in [1.54, 1.807) is 25.3 Å². The predicted molar refractivity (Wildman–Crippen MR) is 57.6 cm³/mol. The average molecular weight is 256 g/mol. The van der Waals surface area contributed by atoms with Gasteiger partial charge in [-0.3, -0.25) is 4.98 Å². The van der Waals surface area contributed by atoms with Gasteiger partial charge in [0, 0.05) is 16.7 Å². The molecule has 4 heteroatoms. The van der Waals surface area contributed by atoms with Gasteiger partial charge in [0.25, 0.3) is 0 Å². The summed E-state index contributed by atoms with van der Waals surface area (Å²) in [5.74, 6) is -0.350. The van der Waals surface area contributed by atoms with Crippen molar-refractivity contribution in [2.45, 2.75) is 6.92 Å². The predicted octanol–water partition coefficient (Wildman–Crippen LogP) is 2.42. The summed E-state index contributed by atoms with van der Waals surface area (Å²) < 4.78 is 5.63. The van der Waals surface area contributed by atoms with Gasteiger partial charge >= 0.3 is 5.97 Å². The van der Waals surface area contributed by atoms with Gasteiger partial charge in [0.1, 0.15) is 0 Å². The van der Waals surface area contributed by atoms with Gasteiger partial charge in [0.15, 0.2) is 0 Å². The molecule has 1 aromatic rings. The zero-order chi connectivity index (χ0) is 10.4. The summed E-state index contributed by atoms with van der Waals surface area (Å²) in [4.78, 5) is 15.0. The Bertz CT molecular complexity index is 332. The molecule has 74 valence electrons. The van der Waals surface area contributed by atoms with E-state index in [1.165, 1.54) is 6.08 Å². The number of hydrogen-bond acceptors (Lipinski definition) is 3. The molecule has 0 aliphatic rings. The van der Waals surface area contributed by atoms with E-state index >= 15 is 0 Å². The Labute approximate surface area is 90.9 Å². The van der Waals surface area contributed by atoms with E-state index in [4.69, 9.17) is 4.74 Å². The summed E-state index contributed by atoms with van der Waals surface area (Å²) in [5, 5.41) is 0. The molecule has 1 rings (SSSR count). The Morgan fingerprint density at radius 1 is 1.64 bits per heavy atom. The van der Waals surface area contributed by atoms with Crippen molar-refractivity contribution in [2.75, 3.05) is 6.61 Å². The molecular weight excluding hydrogens is 246 g/mol. The van der Waals surface area contributed by atoms with Crippen LogP contribution in [0.5, 0.6) is 0 Å². The third-order valence-electron chi connectivity index (χ3n) is 1.43. The highest BCUT2D eigenvalue weighted by molar-refractivity contribution is 9.10. The molecule has 0 aliphatic heterocycles. The first kappa shape index (κ1) is 10.9. The van der Waals surface area contributed by atoms with E-state index in [0.29, 0.717) is 6.61 Å². The number of halogens is 1. The number of esters is 1. The number of carbonyl (C=O) groups excluding carboxylic acids is 1. The van der Waals surface area contributed by atoms with Gasteiger partial charge in [0.2, 0.25) is 0 Å². The number of rotatable bonds is 3. The molecule has 1 heterocycles. The molecule has 0 bridgehead atoms. The zero-order valence-electron chi connectivity index (χ0n) is 7.74. The van der Waals surface area contributed by atoms with Crippen molar-refractivity contribution in [3.05, 3.63) is 34.6 Å². The first-order valence-electron chi connectivity index (χ1n) is 4.18. The third kappa shape index (κ3) is 3.70. The van der Waals surface area contributed by atoms with Crippen LogP contribution in [0.15, 0.2) is 28.9 Å². The first-order valence-corrected chi connectivity index (χ1v) is 4.98. The normalized spacial score (nSPS) is 10.4. The fourth-order valence-electron chi connectivity index (χ4n) is 0.830. The summed E-state index contributed by atoms with van der Waals surface area (Å²) in [6, 6.07) is 3.66. The lowest BCUT2D eigenvalue weighted by Gasteiger charge is -1.95. The van der Waals surface area contributed by atoms with Crippen LogP contribution in [0.25, 0.3) is 6.08 Å². The Balaban J connectivity index is 2.60. The summed E-state index contributed by atoms with van der Waals surface area (Å²) >= 11 is 3.27. The van der Waals surface area contributed by atoms with Crippen molar-refractivity contribution in [3.63, 3.8) is 0 Å². The monoisotopic (exact) mass is 255 g/mol. The molecule has 0 aromatic carbocycles. The fourth-order valence-corrected chi connectivity index (χ4v) is 1.06. The highest BCUT2D eigenvalue weighted by Gasteiger charge is 1.94. The van der Waals surface area contributed by atoms with Gasteiger partial charge < -0.3 is 4.74 Å². The topological polar surface area (TPSA) is 39.2 Å². The minimum absolute atomic E-state index is 0.350. The van der Waals surface area contributed by atoms with Gasteiger partial charge in [-0.2, -0.15) is 0 Å². The maximum Gasteiger partial charge on any atom is 0.330 e. The first-order chi connectivity index (χ1) is 6.72. The SMILES string of the molecule is CCOC(=O)/C=C/c1ccc(Br)cn1. The molecule has 14 heavy (non-hydrogen) atoms. The average Bonchev–Trinajstić information content (AvgIpc) is 2.17. The van der Waals surface area contributed by atoms with Crippen LogP contribution in [0.4, 0.5) is 0 Å². The van der Waals surface area contributed by atoms with Crippen LogP contribution in [0.2, 0.25) is 0 Å². The second-order valence-electron chi connectivity index (χ2n) is 2.49. The van der Waals surface area contributed by atoms with Crippen molar-refractivity contribution in [1.29, 1.82) is 0 Å².